The van der Waals surface area contributed by atoms with Gasteiger partial charge in [0.25, 0.3) is 5.69 Å². The van der Waals surface area contributed by atoms with Crippen LogP contribution < -0.4 is 5.32 Å². The Morgan fingerprint density at radius 1 is 1.10 bits per heavy atom. The molecule has 1 aromatic rings. The molecule has 0 saturated carbocycles. The van der Waals surface area contributed by atoms with Gasteiger partial charge in [0.2, 0.25) is 0 Å². The number of carboxylic acid groups (broad SMARTS) is 1. The highest BCUT2D eigenvalue weighted by Crippen LogP contribution is 2.38. The van der Waals surface area contributed by atoms with Gasteiger partial charge >= 0.3 is 17.3 Å². The molecule has 2 N–H and O–H groups in total. The van der Waals surface area contributed by atoms with Gasteiger partial charge < -0.3 is 10.4 Å². The molecular weight excluding hydrogens is 292 g/mol. The standard InChI is InChI=1S/C9H8N4O8/c1-4(9(14)15)10-8-6(12(18)19)2-5(11(16)17)3-7(8)13(20)21/h2-4,10H,1H3,(H,14,15)/t4-/m0/s1. The van der Waals surface area contributed by atoms with Gasteiger partial charge in [-0.15, -0.1) is 0 Å². The van der Waals surface area contributed by atoms with Crippen molar-refractivity contribution in [2.45, 2.75) is 13.0 Å². The van der Waals surface area contributed by atoms with Gasteiger partial charge in [0, 0.05) is 0 Å². The first-order valence-electron chi connectivity index (χ1n) is 5.25. The number of hydrogen-bond acceptors (Lipinski definition) is 8. The fourth-order valence-electron chi connectivity index (χ4n) is 1.42. The number of rotatable bonds is 6. The molecule has 12 heteroatoms. The van der Waals surface area contributed by atoms with Gasteiger partial charge in [-0.05, 0) is 6.92 Å². The summed E-state index contributed by atoms with van der Waals surface area (Å²) in [5.41, 5.74) is -3.46. The number of nitrogens with one attached hydrogen (secondary N) is 1. The molecule has 1 atom stereocenters. The first kappa shape index (κ1) is 15.7. The predicted octanol–water partition coefficient (Wildman–Crippen LogP) is 1.30. The average Bonchev–Trinajstić information content (AvgIpc) is 2.37. The van der Waals surface area contributed by atoms with Crippen LogP contribution >= 0.6 is 0 Å². The van der Waals surface area contributed by atoms with Crippen LogP contribution in [0.3, 0.4) is 0 Å². The third-order valence-corrected chi connectivity index (χ3v) is 2.42. The topological polar surface area (TPSA) is 179 Å². The molecule has 12 nitrogen and oxygen atoms in total. The van der Waals surface area contributed by atoms with Crippen molar-refractivity contribution in [2.24, 2.45) is 0 Å². The second-order valence-corrected chi connectivity index (χ2v) is 3.83. The maximum absolute atomic E-state index is 10.9. The highest BCUT2D eigenvalue weighted by molar-refractivity contribution is 5.83. The lowest BCUT2D eigenvalue weighted by Gasteiger charge is -2.11. The minimum absolute atomic E-state index is 0.518. The van der Waals surface area contributed by atoms with E-state index in [0.717, 1.165) is 6.92 Å². The summed E-state index contributed by atoms with van der Waals surface area (Å²) in [5.74, 6) is -1.41. The van der Waals surface area contributed by atoms with Crippen molar-refractivity contribution in [3.8, 4) is 0 Å². The zero-order chi connectivity index (χ0) is 16.3. The van der Waals surface area contributed by atoms with Crippen molar-refractivity contribution in [1.29, 1.82) is 0 Å². The van der Waals surface area contributed by atoms with E-state index in [9.17, 15) is 35.1 Å². The van der Waals surface area contributed by atoms with Crippen molar-refractivity contribution in [3.63, 3.8) is 0 Å². The Balaban J connectivity index is 3.57. The molecule has 0 radical (unpaired) electrons. The molecule has 0 amide bonds. The monoisotopic (exact) mass is 300 g/mol. The summed E-state index contributed by atoms with van der Waals surface area (Å²) in [6.07, 6.45) is 0. The Morgan fingerprint density at radius 2 is 1.52 bits per heavy atom. The highest BCUT2D eigenvalue weighted by atomic mass is 16.6. The van der Waals surface area contributed by atoms with Crippen molar-refractivity contribution in [1.82, 2.24) is 0 Å². The van der Waals surface area contributed by atoms with Gasteiger partial charge in [-0.3, -0.25) is 35.1 Å². The molecule has 0 spiro atoms. The van der Waals surface area contributed by atoms with E-state index in [2.05, 4.69) is 5.32 Å². The molecule has 0 unspecified atom stereocenters. The number of hydrogen-bond donors (Lipinski definition) is 2. The van der Waals surface area contributed by atoms with Gasteiger partial charge in [-0.1, -0.05) is 0 Å². The summed E-state index contributed by atoms with van der Waals surface area (Å²) in [6.45, 7) is 1.11. The molecule has 0 saturated heterocycles. The Bertz CT molecular complexity index is 608. The minimum atomic E-state index is -1.41. The zero-order valence-corrected chi connectivity index (χ0v) is 10.4. The van der Waals surface area contributed by atoms with E-state index in [4.69, 9.17) is 5.11 Å². The van der Waals surface area contributed by atoms with Gasteiger partial charge in [0.15, 0.2) is 5.69 Å². The molecule has 0 bridgehead atoms. The smallest absolute Gasteiger partial charge is 0.325 e. The summed E-state index contributed by atoms with van der Waals surface area (Å²) in [7, 11) is 0. The van der Waals surface area contributed by atoms with Crippen LogP contribution in [0.15, 0.2) is 12.1 Å². The van der Waals surface area contributed by atoms with Gasteiger partial charge in [-0.2, -0.15) is 0 Å². The van der Waals surface area contributed by atoms with E-state index in [1.807, 2.05) is 0 Å². The molecule has 0 aliphatic heterocycles. The van der Waals surface area contributed by atoms with Gasteiger partial charge in [0.1, 0.15) is 6.04 Å². The van der Waals surface area contributed by atoms with Crippen LogP contribution in [0.2, 0.25) is 0 Å². The molecule has 1 rings (SSSR count). The van der Waals surface area contributed by atoms with Gasteiger partial charge in [0.05, 0.1) is 26.9 Å². The van der Waals surface area contributed by atoms with Crippen LogP contribution in [0, 0.1) is 30.3 Å². The number of anilines is 1. The van der Waals surface area contributed by atoms with Gasteiger partial charge in [-0.25, -0.2) is 0 Å². The van der Waals surface area contributed by atoms with Crippen LogP contribution in [0.5, 0.6) is 0 Å². The van der Waals surface area contributed by atoms with Crippen LogP contribution in [0.4, 0.5) is 22.7 Å². The third-order valence-electron chi connectivity index (χ3n) is 2.42. The summed E-state index contributed by atoms with van der Waals surface area (Å²) in [6, 6.07) is -0.336. The van der Waals surface area contributed by atoms with Crippen molar-refractivity contribution in [2.75, 3.05) is 5.32 Å². The lowest BCUT2D eigenvalue weighted by Crippen LogP contribution is -2.26. The van der Waals surface area contributed by atoms with E-state index >= 15 is 0 Å². The number of nitro benzene ring substituents is 3. The number of nitrogens with zero attached hydrogens (tertiary/aromatic N) is 3. The van der Waals surface area contributed by atoms with E-state index in [0.29, 0.717) is 12.1 Å². The number of aliphatic carboxylic acids is 1. The maximum atomic E-state index is 10.9. The first-order chi connectivity index (χ1) is 9.65. The Kier molecular flexibility index (Phi) is 4.32. The molecule has 1 aromatic carbocycles. The lowest BCUT2D eigenvalue weighted by atomic mass is 10.2. The van der Waals surface area contributed by atoms with Crippen LogP contribution in [-0.4, -0.2) is 31.9 Å². The maximum Gasteiger partial charge on any atom is 0.325 e. The second-order valence-electron chi connectivity index (χ2n) is 3.83. The zero-order valence-electron chi connectivity index (χ0n) is 10.4. The Morgan fingerprint density at radius 3 is 1.81 bits per heavy atom. The van der Waals surface area contributed by atoms with E-state index in [1.165, 1.54) is 0 Å². The lowest BCUT2D eigenvalue weighted by molar-refractivity contribution is -0.401. The Hall–Kier alpha value is -3.31. The Labute approximate surface area is 115 Å². The minimum Gasteiger partial charge on any atom is -0.480 e. The van der Waals surface area contributed by atoms with Crippen molar-refractivity contribution in [3.05, 3.63) is 42.5 Å². The number of carbonyl (C=O) groups is 1. The second kappa shape index (κ2) is 5.77. The number of nitro groups is 3. The van der Waals surface area contributed by atoms with Crippen LogP contribution in [0.1, 0.15) is 6.92 Å². The quantitative estimate of drug-likeness (QED) is 0.578. The number of non-ortho nitro benzene ring substituents is 1. The fourth-order valence-corrected chi connectivity index (χ4v) is 1.42. The van der Waals surface area contributed by atoms with Crippen LogP contribution in [0.25, 0.3) is 0 Å². The number of carboxylic acids is 1. The molecule has 0 aromatic heterocycles. The molecule has 0 aliphatic carbocycles. The number of benzene rings is 1. The van der Waals surface area contributed by atoms with Crippen LogP contribution in [-0.2, 0) is 4.79 Å². The molecule has 21 heavy (non-hydrogen) atoms. The summed E-state index contributed by atoms with van der Waals surface area (Å²) in [4.78, 5) is 40.0. The third kappa shape index (κ3) is 3.37. The highest BCUT2D eigenvalue weighted by Gasteiger charge is 2.32. The van der Waals surface area contributed by atoms with E-state index in [1.54, 1.807) is 0 Å². The fraction of sp³-hybridized carbons (Fsp3) is 0.222. The predicted molar refractivity (Wildman–Crippen MR) is 67.1 cm³/mol. The summed E-state index contributed by atoms with van der Waals surface area (Å²) >= 11 is 0. The molecule has 0 fully saturated rings. The van der Waals surface area contributed by atoms with Crippen molar-refractivity contribution < 1.29 is 24.7 Å². The molecular formula is C9H8N4O8. The van der Waals surface area contributed by atoms with Crippen molar-refractivity contribution >= 4 is 28.7 Å². The van der Waals surface area contributed by atoms with E-state index in [-0.39, 0.29) is 0 Å². The summed E-state index contributed by atoms with van der Waals surface area (Å²) < 4.78 is 0. The molecule has 0 aliphatic rings. The summed E-state index contributed by atoms with van der Waals surface area (Å²) in [5, 5.41) is 43.3. The molecule has 112 valence electrons. The normalized spacial score (nSPS) is 11.5. The van der Waals surface area contributed by atoms with E-state index < -0.39 is 49.5 Å². The average molecular weight is 300 g/mol. The first-order valence-corrected chi connectivity index (χ1v) is 5.25. The largest absolute Gasteiger partial charge is 0.480 e. The SMILES string of the molecule is C[C@H](Nc1c([N+](=O)[O-])cc([N+](=O)[O-])cc1[N+](=O)[O-])C(=O)O. The molecule has 0 heterocycles.